The maximum atomic E-state index is 13.0. The summed E-state index contributed by atoms with van der Waals surface area (Å²) in [5, 5.41) is 0. The van der Waals surface area contributed by atoms with Gasteiger partial charge in [-0.05, 0) is 37.0 Å². The average molecular weight is 378 g/mol. The number of hydrogen-bond acceptors (Lipinski definition) is 3. The van der Waals surface area contributed by atoms with Gasteiger partial charge in [0, 0.05) is 25.7 Å². The second kappa shape index (κ2) is 8.05. The van der Waals surface area contributed by atoms with Gasteiger partial charge in [-0.3, -0.25) is 9.59 Å². The molecular formula is C23H26N2O3. The third kappa shape index (κ3) is 3.88. The fraction of sp³-hybridized carbons (Fsp3) is 0.391. The zero-order valence-corrected chi connectivity index (χ0v) is 16.2. The van der Waals surface area contributed by atoms with E-state index in [4.69, 9.17) is 4.74 Å². The second-order valence-electron chi connectivity index (χ2n) is 7.73. The summed E-state index contributed by atoms with van der Waals surface area (Å²) in [5.41, 5.74) is 2.14. The van der Waals surface area contributed by atoms with Gasteiger partial charge in [0.15, 0.2) is 6.61 Å². The number of piperidine rings is 1. The van der Waals surface area contributed by atoms with Gasteiger partial charge in [0.25, 0.3) is 5.91 Å². The highest BCUT2D eigenvalue weighted by atomic mass is 16.5. The molecule has 2 aromatic rings. The van der Waals surface area contributed by atoms with Crippen LogP contribution in [0.1, 0.15) is 24.0 Å². The third-order valence-electron chi connectivity index (χ3n) is 5.79. The Hall–Kier alpha value is -2.82. The quantitative estimate of drug-likeness (QED) is 0.804. The molecule has 3 aliphatic rings. The van der Waals surface area contributed by atoms with Gasteiger partial charge in [0.05, 0.1) is 5.92 Å². The summed E-state index contributed by atoms with van der Waals surface area (Å²) in [6.07, 6.45) is 1.81. The van der Waals surface area contributed by atoms with Crippen LogP contribution in [0.5, 0.6) is 5.75 Å². The van der Waals surface area contributed by atoms with E-state index in [1.807, 2.05) is 71.3 Å². The predicted octanol–water partition coefficient (Wildman–Crippen LogP) is 3.02. The van der Waals surface area contributed by atoms with Crippen LogP contribution in [0.25, 0.3) is 0 Å². The van der Waals surface area contributed by atoms with E-state index in [0.29, 0.717) is 19.6 Å². The maximum absolute atomic E-state index is 13.0. The minimum atomic E-state index is -0.107. The summed E-state index contributed by atoms with van der Waals surface area (Å²) in [7, 11) is 0. The molecule has 3 aliphatic heterocycles. The van der Waals surface area contributed by atoms with Gasteiger partial charge in [-0.2, -0.15) is 0 Å². The topological polar surface area (TPSA) is 49.9 Å². The number of nitrogens with zero attached hydrogens (tertiary/aromatic N) is 2. The molecular weight excluding hydrogens is 352 g/mol. The fourth-order valence-corrected chi connectivity index (χ4v) is 4.18. The van der Waals surface area contributed by atoms with Gasteiger partial charge >= 0.3 is 0 Å². The van der Waals surface area contributed by atoms with Crippen molar-refractivity contribution in [1.82, 2.24) is 9.80 Å². The molecule has 0 aliphatic carbocycles. The van der Waals surface area contributed by atoms with E-state index in [9.17, 15) is 9.59 Å². The monoisotopic (exact) mass is 378 g/mol. The number of carbonyl (C=O) groups is 2. The van der Waals surface area contributed by atoms with Crippen LogP contribution in [-0.4, -0.2) is 47.4 Å². The molecule has 0 radical (unpaired) electrons. The van der Waals surface area contributed by atoms with Crippen LogP contribution in [-0.2, 0) is 16.1 Å². The van der Waals surface area contributed by atoms with Crippen LogP contribution in [0.3, 0.4) is 0 Å². The summed E-state index contributed by atoms with van der Waals surface area (Å²) in [6.45, 7) is 3.67. The van der Waals surface area contributed by atoms with E-state index in [-0.39, 0.29) is 30.4 Å². The first-order chi connectivity index (χ1) is 13.6. The lowest BCUT2D eigenvalue weighted by Gasteiger charge is -2.36. The predicted molar refractivity (Wildman–Crippen MR) is 107 cm³/mol. The number of para-hydroxylation sites is 1. The third-order valence-corrected chi connectivity index (χ3v) is 5.79. The summed E-state index contributed by atoms with van der Waals surface area (Å²) in [4.78, 5) is 29.6. The minimum Gasteiger partial charge on any atom is -0.484 e. The molecule has 146 valence electrons. The highest BCUT2D eigenvalue weighted by molar-refractivity contribution is 5.83. The van der Waals surface area contributed by atoms with E-state index in [2.05, 4.69) is 0 Å². The Kier molecular flexibility index (Phi) is 5.33. The van der Waals surface area contributed by atoms with Crippen molar-refractivity contribution in [3.05, 3.63) is 65.7 Å². The van der Waals surface area contributed by atoms with Crippen molar-refractivity contribution >= 4 is 11.8 Å². The van der Waals surface area contributed by atoms with E-state index in [0.717, 1.165) is 29.7 Å². The van der Waals surface area contributed by atoms with Crippen LogP contribution in [0.2, 0.25) is 0 Å². The molecule has 0 unspecified atom stereocenters. The van der Waals surface area contributed by atoms with Crippen LogP contribution in [0.4, 0.5) is 0 Å². The molecule has 3 saturated heterocycles. The molecule has 5 nitrogen and oxygen atoms in total. The molecule has 0 spiro atoms. The second-order valence-corrected chi connectivity index (χ2v) is 7.73. The van der Waals surface area contributed by atoms with Crippen molar-refractivity contribution in [2.45, 2.75) is 32.4 Å². The maximum Gasteiger partial charge on any atom is 0.260 e. The number of rotatable bonds is 5. The van der Waals surface area contributed by atoms with Crippen molar-refractivity contribution in [3.8, 4) is 5.75 Å². The van der Waals surface area contributed by atoms with Crippen LogP contribution < -0.4 is 4.74 Å². The van der Waals surface area contributed by atoms with Crippen LogP contribution >= 0.6 is 0 Å². The first-order valence-corrected chi connectivity index (χ1v) is 9.92. The lowest BCUT2D eigenvalue weighted by Crippen LogP contribution is -2.47. The molecule has 0 saturated carbocycles. The minimum absolute atomic E-state index is 0.0111. The largest absolute Gasteiger partial charge is 0.484 e. The number of fused-ring (bicyclic) bond motifs is 4. The molecule has 2 atom stereocenters. The van der Waals surface area contributed by atoms with Gasteiger partial charge < -0.3 is 14.5 Å². The van der Waals surface area contributed by atoms with E-state index in [1.165, 1.54) is 0 Å². The smallest absolute Gasteiger partial charge is 0.260 e. The molecule has 3 heterocycles. The van der Waals surface area contributed by atoms with Gasteiger partial charge in [0.1, 0.15) is 5.75 Å². The van der Waals surface area contributed by atoms with Crippen LogP contribution in [0.15, 0.2) is 54.6 Å². The van der Waals surface area contributed by atoms with Gasteiger partial charge in [-0.1, -0.05) is 48.5 Å². The molecule has 28 heavy (non-hydrogen) atoms. The standard InChI is InChI=1S/C23H26N2O3/c1-17-7-5-6-10-21(17)28-16-22(26)24-14-19-11-12-20(15-24)25(23(19)27)13-18-8-3-2-4-9-18/h2-10,19-20H,11-16H2,1H3/t19-,20+/m1/s1. The molecule has 0 N–H and O–H groups in total. The average Bonchev–Trinajstić information content (AvgIpc) is 3.00. The zero-order valence-electron chi connectivity index (χ0n) is 16.2. The SMILES string of the molecule is Cc1ccccc1OCC(=O)N1C[C@H]2CC[C@@H](C1)N(Cc1ccccc1)C2=O. The zero-order chi connectivity index (χ0) is 19.5. The number of hydrogen-bond donors (Lipinski definition) is 0. The molecule has 2 amide bonds. The highest BCUT2D eigenvalue weighted by Crippen LogP contribution is 2.30. The van der Waals surface area contributed by atoms with Crippen molar-refractivity contribution in [3.63, 3.8) is 0 Å². The van der Waals surface area contributed by atoms with Gasteiger partial charge in [0.2, 0.25) is 5.91 Å². The molecule has 2 bridgehead atoms. The molecule has 5 heteroatoms. The number of aryl methyl sites for hydroxylation is 1. The van der Waals surface area contributed by atoms with Gasteiger partial charge in [-0.15, -0.1) is 0 Å². The molecule has 5 rings (SSSR count). The first-order valence-electron chi connectivity index (χ1n) is 9.92. The van der Waals surface area contributed by atoms with Crippen molar-refractivity contribution < 1.29 is 14.3 Å². The lowest BCUT2D eigenvalue weighted by molar-refractivity contribution is -0.140. The summed E-state index contributed by atoms with van der Waals surface area (Å²) in [5.74, 6) is 0.755. The van der Waals surface area contributed by atoms with E-state index >= 15 is 0 Å². The van der Waals surface area contributed by atoms with Crippen molar-refractivity contribution in [1.29, 1.82) is 0 Å². The van der Waals surface area contributed by atoms with E-state index < -0.39 is 0 Å². The fourth-order valence-electron chi connectivity index (χ4n) is 4.18. The number of ether oxygens (including phenoxy) is 1. The van der Waals surface area contributed by atoms with Gasteiger partial charge in [-0.25, -0.2) is 0 Å². The molecule has 3 fully saturated rings. The van der Waals surface area contributed by atoms with E-state index in [1.54, 1.807) is 0 Å². The number of benzene rings is 2. The Morgan fingerprint density at radius 2 is 1.79 bits per heavy atom. The van der Waals surface area contributed by atoms with Crippen molar-refractivity contribution in [2.24, 2.45) is 5.92 Å². The summed E-state index contributed by atoms with van der Waals surface area (Å²) in [6, 6.07) is 17.8. The molecule has 2 aromatic carbocycles. The molecule has 0 aromatic heterocycles. The number of carbonyl (C=O) groups excluding carboxylic acids is 2. The Morgan fingerprint density at radius 1 is 1.04 bits per heavy atom. The summed E-state index contributed by atoms with van der Waals surface area (Å²) >= 11 is 0. The highest BCUT2D eigenvalue weighted by Gasteiger charge is 2.41. The Morgan fingerprint density at radius 3 is 2.57 bits per heavy atom. The lowest BCUT2D eigenvalue weighted by atomic mass is 9.93. The Bertz CT molecular complexity index is 852. The first kappa shape index (κ1) is 18.5. The number of amides is 2. The Balaban J connectivity index is 1.43. The Labute approximate surface area is 165 Å². The van der Waals surface area contributed by atoms with Crippen LogP contribution in [0, 0.1) is 12.8 Å². The summed E-state index contributed by atoms with van der Waals surface area (Å²) < 4.78 is 5.74. The normalized spacial score (nSPS) is 21.5. The van der Waals surface area contributed by atoms with Crippen molar-refractivity contribution in [2.75, 3.05) is 19.7 Å².